The van der Waals surface area contributed by atoms with Gasteiger partial charge in [0.15, 0.2) is 0 Å². The number of nitrogens with zero attached hydrogens (tertiary/aromatic N) is 4. The highest BCUT2D eigenvalue weighted by Gasteiger charge is 2.18. The zero-order valence-corrected chi connectivity index (χ0v) is 23.8. The number of halogens is 6. The molecule has 0 bridgehead atoms. The number of esters is 1. The highest BCUT2D eigenvalue weighted by Crippen LogP contribution is 2.32. The number of carbonyl (C=O) groups excluding carboxylic acids is 1. The molecule has 0 radical (unpaired) electrons. The Kier molecular flexibility index (Phi) is 12.2. The molecule has 2 aromatic carbocycles. The van der Waals surface area contributed by atoms with E-state index >= 15 is 0 Å². The van der Waals surface area contributed by atoms with Crippen molar-refractivity contribution in [3.05, 3.63) is 94.6 Å². The van der Waals surface area contributed by atoms with Crippen LogP contribution in [-0.2, 0) is 4.74 Å². The van der Waals surface area contributed by atoms with Crippen molar-refractivity contribution >= 4 is 47.6 Å². The Morgan fingerprint density at radius 1 is 0.723 bits per heavy atom. The monoisotopic (exact) mass is 664 g/mol. The van der Waals surface area contributed by atoms with Gasteiger partial charge in [-0.2, -0.15) is 17.6 Å². The van der Waals surface area contributed by atoms with Crippen LogP contribution in [0.1, 0.15) is 43.0 Å². The minimum atomic E-state index is -3.18. The van der Waals surface area contributed by atoms with Crippen molar-refractivity contribution in [1.82, 2.24) is 19.9 Å². The molecule has 0 spiro atoms. The molecule has 0 saturated carbocycles. The number of carboxylic acid groups (broad SMARTS) is 1. The molecule has 12 nitrogen and oxygen atoms in total. The van der Waals surface area contributed by atoms with Crippen LogP contribution in [-0.4, -0.2) is 57.3 Å². The van der Waals surface area contributed by atoms with Crippen LogP contribution in [0, 0.1) is 0 Å². The SMILES string of the molecule is COC(=O)c1ccc(OC(F)F)c(/C(F)=C/c2cnc(N)nc2)c1.Nc1ncc(/C=C(\F)c2cc(C(=O)O)ccc2OC(F)F)cn1. The number of aromatic nitrogens is 4. The van der Waals surface area contributed by atoms with Gasteiger partial charge in [-0.3, -0.25) is 0 Å². The van der Waals surface area contributed by atoms with Crippen molar-refractivity contribution in [2.45, 2.75) is 13.2 Å². The maximum absolute atomic E-state index is 14.5. The first-order valence-electron chi connectivity index (χ1n) is 12.7. The highest BCUT2D eigenvalue weighted by molar-refractivity contribution is 5.92. The predicted octanol–water partition coefficient (Wildman–Crippen LogP) is 5.74. The lowest BCUT2D eigenvalue weighted by Crippen LogP contribution is -2.06. The molecule has 47 heavy (non-hydrogen) atoms. The molecule has 0 amide bonds. The van der Waals surface area contributed by atoms with Gasteiger partial charge in [0.05, 0.1) is 29.4 Å². The third kappa shape index (κ3) is 10.4. The van der Waals surface area contributed by atoms with Gasteiger partial charge >= 0.3 is 25.2 Å². The number of nitrogens with two attached hydrogens (primary N) is 2. The van der Waals surface area contributed by atoms with Gasteiger partial charge in [-0.15, -0.1) is 0 Å². The van der Waals surface area contributed by atoms with E-state index in [1.807, 2.05) is 0 Å². The molecule has 0 atom stereocenters. The van der Waals surface area contributed by atoms with E-state index in [1.165, 1.54) is 30.9 Å². The smallest absolute Gasteiger partial charge is 0.387 e. The number of anilines is 2. The fourth-order valence-corrected chi connectivity index (χ4v) is 3.50. The van der Waals surface area contributed by atoms with Crippen LogP contribution in [0.25, 0.3) is 23.8 Å². The summed E-state index contributed by atoms with van der Waals surface area (Å²) in [5, 5.41) is 8.92. The minimum absolute atomic E-state index is 0.00182. The first kappa shape index (κ1) is 35.3. The van der Waals surface area contributed by atoms with E-state index < -0.39 is 53.9 Å². The van der Waals surface area contributed by atoms with Gasteiger partial charge in [0.1, 0.15) is 23.2 Å². The summed E-state index contributed by atoms with van der Waals surface area (Å²) in [6.07, 6.45) is 6.87. The summed E-state index contributed by atoms with van der Waals surface area (Å²) in [4.78, 5) is 37.1. The second-order valence-corrected chi connectivity index (χ2v) is 8.71. The number of alkyl halides is 4. The van der Waals surface area contributed by atoms with E-state index in [2.05, 4.69) is 34.1 Å². The molecule has 0 aliphatic carbocycles. The lowest BCUT2D eigenvalue weighted by Gasteiger charge is -2.11. The molecule has 246 valence electrons. The van der Waals surface area contributed by atoms with Gasteiger partial charge in [0, 0.05) is 35.9 Å². The van der Waals surface area contributed by atoms with Crippen LogP contribution >= 0.6 is 0 Å². The Balaban J connectivity index is 0.000000256. The zero-order valence-electron chi connectivity index (χ0n) is 23.8. The van der Waals surface area contributed by atoms with Crippen LogP contribution in [0.5, 0.6) is 11.5 Å². The summed E-state index contributed by atoms with van der Waals surface area (Å²) in [6.45, 7) is -6.34. The molecule has 0 unspecified atom stereocenters. The molecule has 4 aromatic rings. The molecular weight excluding hydrogens is 642 g/mol. The zero-order chi connectivity index (χ0) is 34.7. The standard InChI is InChI=1S/C15H12F3N3O3.C14H10F3N3O3/c1-23-13(22)9-2-3-12(24-14(17)18)10(5-9)11(16)4-8-6-20-15(19)21-7-8;15-10(3-7-5-19-14(18)20-6-7)9-4-8(12(21)22)1-2-11(9)23-13(16)17/h2-7,14H,1H3,(H2,19,20,21);1-6,13H,(H,21,22)(H2,18,19,20)/b11-4-;10-3-. The van der Waals surface area contributed by atoms with Crippen LogP contribution < -0.4 is 20.9 Å². The lowest BCUT2D eigenvalue weighted by molar-refractivity contribution is -0.0507. The number of aromatic carboxylic acids is 1. The summed E-state index contributed by atoms with van der Waals surface area (Å²) in [6, 6.07) is 6.17. The normalized spacial score (nSPS) is 11.5. The summed E-state index contributed by atoms with van der Waals surface area (Å²) in [5.41, 5.74) is 10.0. The first-order valence-corrected chi connectivity index (χ1v) is 12.7. The first-order chi connectivity index (χ1) is 22.3. The fourth-order valence-electron chi connectivity index (χ4n) is 3.50. The van der Waals surface area contributed by atoms with Crippen LogP contribution in [0.4, 0.5) is 38.2 Å². The van der Waals surface area contributed by atoms with Gasteiger partial charge < -0.3 is 30.8 Å². The minimum Gasteiger partial charge on any atom is -0.478 e. The lowest BCUT2D eigenvalue weighted by atomic mass is 10.1. The maximum Gasteiger partial charge on any atom is 0.387 e. The summed E-state index contributed by atoms with van der Waals surface area (Å²) < 4.78 is 91.5. The molecule has 4 rings (SSSR count). The number of rotatable bonds is 10. The Hall–Kier alpha value is -6.20. The molecular formula is C29H22F6N6O6. The highest BCUT2D eigenvalue weighted by atomic mass is 19.3. The summed E-state index contributed by atoms with van der Waals surface area (Å²) in [7, 11) is 1.14. The van der Waals surface area contributed by atoms with E-state index in [9.17, 15) is 35.9 Å². The van der Waals surface area contributed by atoms with Crippen molar-refractivity contribution < 1.29 is 55.2 Å². The molecule has 2 heterocycles. The topological polar surface area (TPSA) is 186 Å². The van der Waals surface area contributed by atoms with Crippen LogP contribution in [0.3, 0.4) is 0 Å². The van der Waals surface area contributed by atoms with E-state index in [4.69, 9.17) is 16.6 Å². The van der Waals surface area contributed by atoms with E-state index in [0.29, 0.717) is 0 Å². The number of hydrogen-bond acceptors (Lipinski definition) is 11. The van der Waals surface area contributed by atoms with Crippen molar-refractivity contribution in [1.29, 1.82) is 0 Å². The second kappa shape index (κ2) is 16.2. The van der Waals surface area contributed by atoms with Gasteiger partial charge in [-0.1, -0.05) is 0 Å². The largest absolute Gasteiger partial charge is 0.478 e. The van der Waals surface area contributed by atoms with Gasteiger partial charge in [-0.05, 0) is 48.6 Å². The Bertz CT molecular complexity index is 1770. The van der Waals surface area contributed by atoms with Crippen molar-refractivity contribution in [3.63, 3.8) is 0 Å². The third-order valence-corrected chi connectivity index (χ3v) is 5.54. The Labute approximate surface area is 261 Å². The van der Waals surface area contributed by atoms with Crippen molar-refractivity contribution in [3.8, 4) is 11.5 Å². The molecule has 0 saturated heterocycles. The molecule has 0 fully saturated rings. The number of benzene rings is 2. The van der Waals surface area contributed by atoms with Gasteiger partial charge in [0.2, 0.25) is 11.9 Å². The maximum atomic E-state index is 14.5. The quantitative estimate of drug-likeness (QED) is 0.138. The Morgan fingerprint density at radius 2 is 1.11 bits per heavy atom. The summed E-state index contributed by atoms with van der Waals surface area (Å²) >= 11 is 0. The average molecular weight is 665 g/mol. The van der Waals surface area contributed by atoms with E-state index in [-0.39, 0.29) is 39.7 Å². The molecule has 0 aliphatic rings. The number of carboxylic acids is 1. The molecule has 2 aromatic heterocycles. The van der Waals surface area contributed by atoms with Gasteiger partial charge in [-0.25, -0.2) is 38.3 Å². The predicted molar refractivity (Wildman–Crippen MR) is 155 cm³/mol. The second-order valence-electron chi connectivity index (χ2n) is 8.71. The number of hydrogen-bond donors (Lipinski definition) is 3. The molecule has 5 N–H and O–H groups in total. The van der Waals surface area contributed by atoms with Crippen LogP contribution in [0.15, 0.2) is 61.2 Å². The molecule has 0 aliphatic heterocycles. The van der Waals surface area contributed by atoms with Gasteiger partial charge in [0.25, 0.3) is 0 Å². The number of nitrogen functional groups attached to an aromatic ring is 2. The van der Waals surface area contributed by atoms with Crippen LogP contribution in [0.2, 0.25) is 0 Å². The molecule has 18 heteroatoms. The summed E-state index contributed by atoms with van der Waals surface area (Å²) in [5.74, 6) is -4.93. The van der Waals surface area contributed by atoms with E-state index in [1.54, 1.807) is 0 Å². The number of ether oxygens (including phenoxy) is 3. The van der Waals surface area contributed by atoms with E-state index in [0.717, 1.165) is 49.6 Å². The average Bonchev–Trinajstić information content (AvgIpc) is 3.02. The van der Waals surface area contributed by atoms with Crippen molar-refractivity contribution in [2.24, 2.45) is 0 Å². The Morgan fingerprint density at radius 3 is 1.47 bits per heavy atom. The van der Waals surface area contributed by atoms with Crippen molar-refractivity contribution in [2.75, 3.05) is 18.6 Å². The third-order valence-electron chi connectivity index (χ3n) is 5.54. The number of methoxy groups -OCH3 is 1. The fraction of sp³-hybridized carbons (Fsp3) is 0.103. The number of carbonyl (C=O) groups is 2.